The van der Waals surface area contributed by atoms with Gasteiger partial charge in [0.2, 0.25) is 5.95 Å². The summed E-state index contributed by atoms with van der Waals surface area (Å²) in [6.07, 6.45) is -2.54. The molecule has 0 aromatic carbocycles. The van der Waals surface area contributed by atoms with E-state index in [2.05, 4.69) is 20.3 Å². The fourth-order valence-electron chi connectivity index (χ4n) is 12.0. The number of ether oxygens (including phenoxy) is 8. The van der Waals surface area contributed by atoms with Crippen molar-refractivity contribution >= 4 is 58.1 Å². The van der Waals surface area contributed by atoms with Crippen molar-refractivity contribution in [3.63, 3.8) is 0 Å². The first-order chi connectivity index (χ1) is 34.9. The van der Waals surface area contributed by atoms with Crippen LogP contribution in [0.25, 0.3) is 11.2 Å². The molecule has 74 heavy (non-hydrogen) atoms. The molecule has 4 saturated heterocycles. The van der Waals surface area contributed by atoms with Crippen molar-refractivity contribution in [1.29, 1.82) is 0 Å². The number of thioether (sulfide) groups is 1. The van der Waals surface area contributed by atoms with Crippen LogP contribution in [-0.2, 0) is 58.8 Å². The third kappa shape index (κ3) is 11.5. The maximum Gasteiger partial charge on any atom is 0.320 e. The molecule has 0 saturated carbocycles. The Labute approximate surface area is 439 Å². The topological polar surface area (TPSA) is 263 Å². The predicted molar refractivity (Wildman–Crippen MR) is 276 cm³/mol. The maximum atomic E-state index is 15.3. The van der Waals surface area contributed by atoms with Gasteiger partial charge in [0, 0.05) is 68.8 Å². The first kappa shape index (κ1) is 57.6. The fourth-order valence-corrected chi connectivity index (χ4v) is 13.4. The number of aliphatic hydroxyl groups is 2. The van der Waals surface area contributed by atoms with Gasteiger partial charge >= 0.3 is 11.9 Å². The summed E-state index contributed by atoms with van der Waals surface area (Å²) < 4.78 is 53.8. The van der Waals surface area contributed by atoms with Gasteiger partial charge in [-0.2, -0.15) is 0 Å². The molecule has 4 aliphatic rings. The number of nitrogens with two attached hydrogens (primary N) is 1. The van der Waals surface area contributed by atoms with Gasteiger partial charge in [0.1, 0.15) is 35.7 Å². The van der Waals surface area contributed by atoms with Crippen LogP contribution in [0.4, 0.5) is 17.5 Å². The number of anilines is 3. The van der Waals surface area contributed by atoms with E-state index in [1.165, 1.54) is 25.2 Å². The standard InChI is InChI=1S/C52H80N8O13S/c1-15-34-52(10)36(41(47(65)73-52)74-20-19-60-45-37(44(53)55-25-56-45)58-49(60)57-32-17-16-18-54-24-32)28(4)38(61)26(2)22-51(9,67-14)43(72-48-39(62)33(59(11)12)21-27(3)68-48)29(5)40(30(6)46(64)70-34)71-35-23-50(8,66-13)42(63)31(7)69-35/h16-18,24-31,33-36,39-43,48,62-63H,15,19-23H2,1-14H3,(H,57,58)(H2,53,55,56)/t26-,27-,28-,29+,30?,31+,33?,34-,35+,36?,39-,40+,41?,42+,43-,48+,50-,51-,52-/m1/s1. The van der Waals surface area contributed by atoms with Crippen molar-refractivity contribution < 1.29 is 62.5 Å². The van der Waals surface area contributed by atoms with Crippen molar-refractivity contribution in [3.8, 4) is 0 Å². The molecule has 3 aromatic heterocycles. The lowest BCUT2D eigenvalue weighted by Gasteiger charge is -2.50. The molecule has 4 unspecified atom stereocenters. The number of cyclic esters (lactones) is 1. The Morgan fingerprint density at radius 2 is 1.68 bits per heavy atom. The second kappa shape index (κ2) is 23.2. The Kier molecular flexibility index (Phi) is 18.1. The Balaban J connectivity index is 1.27. The smallest absolute Gasteiger partial charge is 0.320 e. The summed E-state index contributed by atoms with van der Waals surface area (Å²) in [5.41, 5.74) is 4.01. The summed E-state index contributed by atoms with van der Waals surface area (Å²) in [5.74, 6) is -4.42. The number of methoxy groups -OCH3 is 2. The number of pyridine rings is 1. The molecule has 0 amide bonds. The van der Waals surface area contributed by atoms with Gasteiger partial charge < -0.3 is 64.1 Å². The molecule has 0 bridgehead atoms. The molecule has 4 aliphatic heterocycles. The van der Waals surface area contributed by atoms with Gasteiger partial charge in [-0.05, 0) is 87.0 Å². The van der Waals surface area contributed by atoms with E-state index < -0.39 is 113 Å². The number of rotatable bonds is 14. The Hall–Kier alpha value is -4.10. The van der Waals surface area contributed by atoms with Crippen molar-refractivity contribution in [2.75, 3.05) is 45.1 Å². The van der Waals surface area contributed by atoms with Crippen molar-refractivity contribution in [1.82, 2.24) is 29.4 Å². The molecule has 0 radical (unpaired) electrons. The van der Waals surface area contributed by atoms with Crippen LogP contribution in [0, 0.1) is 29.6 Å². The monoisotopic (exact) mass is 1060 g/mol. The number of imidazole rings is 1. The van der Waals surface area contributed by atoms with Crippen LogP contribution < -0.4 is 11.1 Å². The molecule has 0 spiro atoms. The summed E-state index contributed by atoms with van der Waals surface area (Å²) in [4.78, 5) is 64.4. The molecule has 0 aliphatic carbocycles. The third-order valence-corrected chi connectivity index (χ3v) is 17.6. The average Bonchev–Trinajstić information content (AvgIpc) is 3.85. The third-order valence-electron chi connectivity index (χ3n) is 16.4. The number of nitrogen functional groups attached to an aromatic ring is 1. The van der Waals surface area contributed by atoms with Gasteiger partial charge in [-0.15, -0.1) is 11.8 Å². The minimum absolute atomic E-state index is 0.108. The number of hydrogen-bond acceptors (Lipinski definition) is 21. The summed E-state index contributed by atoms with van der Waals surface area (Å²) in [7, 11) is 6.84. The zero-order valence-corrected chi connectivity index (χ0v) is 46.2. The summed E-state index contributed by atoms with van der Waals surface area (Å²) in [6.45, 7) is 18.4. The van der Waals surface area contributed by atoms with E-state index in [-0.39, 0.29) is 43.0 Å². The molecule has 4 fully saturated rings. The second-order valence-electron chi connectivity index (χ2n) is 21.8. The average molecular weight is 1060 g/mol. The Morgan fingerprint density at radius 1 is 0.959 bits per heavy atom. The van der Waals surface area contributed by atoms with Crippen LogP contribution in [0.5, 0.6) is 0 Å². The number of aromatic nitrogens is 5. The fraction of sp³-hybridized carbons (Fsp3) is 0.750. The van der Waals surface area contributed by atoms with Gasteiger partial charge in [0.25, 0.3) is 0 Å². The number of hydrogen-bond donors (Lipinski definition) is 4. The molecule has 7 heterocycles. The van der Waals surface area contributed by atoms with E-state index in [4.69, 9.17) is 48.6 Å². The molecule has 3 aromatic rings. The van der Waals surface area contributed by atoms with E-state index in [1.54, 1.807) is 53.3 Å². The SMILES string of the molecule is CC[C@H]1OC(=O)C(C)[C@@H](O[C@H]2C[C@@](C)(OC)[C@@H](O)[C@H](C)O2)[C@H](C)[C@@H](O[C@@H]2O[C@H](C)CC(N(C)C)[C@H]2O)[C@](C)(OC)C[C@@H](C)C(=O)[C@H](C)C2C(SCCn3c(Nc4cccnc4)nc4c(N)ncnc43)C(=O)O[C@@]21C. The number of likely N-dealkylation sites (N-methyl/N-ethyl adjacent to an activating group) is 1. The highest BCUT2D eigenvalue weighted by Crippen LogP contribution is 2.50. The highest BCUT2D eigenvalue weighted by atomic mass is 32.2. The summed E-state index contributed by atoms with van der Waals surface area (Å²) in [6, 6.07) is 3.33. The van der Waals surface area contributed by atoms with Crippen LogP contribution in [0.1, 0.15) is 94.9 Å². The normalized spacial score (nSPS) is 39.6. The molecular formula is C52H80N8O13S. The number of carbonyl (C=O) groups is 3. The predicted octanol–water partition coefficient (Wildman–Crippen LogP) is 4.92. The Morgan fingerprint density at radius 3 is 2.32 bits per heavy atom. The number of carbonyl (C=O) groups excluding carboxylic acids is 3. The van der Waals surface area contributed by atoms with Crippen LogP contribution in [-0.4, -0.2) is 175 Å². The van der Waals surface area contributed by atoms with Crippen molar-refractivity contribution in [3.05, 3.63) is 30.9 Å². The maximum absolute atomic E-state index is 15.3. The number of nitrogens with one attached hydrogen (secondary N) is 1. The number of ketones is 1. The van der Waals surface area contributed by atoms with Gasteiger partial charge in [-0.25, -0.2) is 15.0 Å². The number of fused-ring (bicyclic) bond motifs is 2. The van der Waals surface area contributed by atoms with Gasteiger partial charge in [0.15, 0.2) is 35.2 Å². The van der Waals surface area contributed by atoms with Crippen molar-refractivity contribution in [2.24, 2.45) is 29.6 Å². The number of nitrogens with zero attached hydrogens (tertiary/aromatic N) is 6. The highest BCUT2D eigenvalue weighted by molar-refractivity contribution is 8.00. The van der Waals surface area contributed by atoms with Gasteiger partial charge in [0.05, 0.1) is 53.4 Å². The van der Waals surface area contributed by atoms with Crippen LogP contribution in [0.15, 0.2) is 30.9 Å². The molecule has 7 rings (SSSR count). The van der Waals surface area contributed by atoms with Crippen molar-refractivity contribution in [2.45, 2.75) is 185 Å². The van der Waals surface area contributed by atoms with E-state index in [0.29, 0.717) is 41.5 Å². The zero-order chi connectivity index (χ0) is 54.2. The lowest BCUT2D eigenvalue weighted by molar-refractivity contribution is -0.319. The van der Waals surface area contributed by atoms with Crippen LogP contribution >= 0.6 is 11.8 Å². The zero-order valence-electron chi connectivity index (χ0n) is 45.4. The Bertz CT molecular complexity index is 2420. The number of Topliss-reactive ketones (excluding diaryl/α,β-unsaturated/α-hetero) is 1. The van der Waals surface area contributed by atoms with Gasteiger partial charge in [-0.3, -0.25) is 23.9 Å². The first-order valence-corrected chi connectivity index (χ1v) is 26.9. The van der Waals surface area contributed by atoms with Gasteiger partial charge in [-0.1, -0.05) is 27.7 Å². The molecule has 22 heteroatoms. The van der Waals surface area contributed by atoms with E-state index in [9.17, 15) is 15.0 Å². The summed E-state index contributed by atoms with van der Waals surface area (Å²) >= 11 is 1.34. The lowest BCUT2D eigenvalue weighted by Crippen LogP contribution is -2.61. The minimum atomic E-state index is -1.46. The van der Waals surface area contributed by atoms with Crippen LogP contribution in [0.3, 0.4) is 0 Å². The highest BCUT2D eigenvalue weighted by Gasteiger charge is 2.62. The molecule has 412 valence electrons. The lowest BCUT2D eigenvalue weighted by atomic mass is 9.70. The largest absolute Gasteiger partial charge is 0.458 e. The number of aryl methyl sites for hydroxylation is 1. The number of aliphatic hydroxyl groups excluding tert-OH is 2. The molecule has 5 N–H and O–H groups in total. The quantitative estimate of drug-likeness (QED) is 0.156. The molecular weight excluding hydrogens is 977 g/mol. The van der Waals surface area contributed by atoms with E-state index >= 15 is 9.59 Å². The minimum Gasteiger partial charge on any atom is -0.458 e. The molecule has 21 nitrogen and oxygen atoms in total. The van der Waals surface area contributed by atoms with E-state index in [1.807, 2.05) is 71.2 Å². The first-order valence-electron chi connectivity index (χ1n) is 25.9. The van der Waals surface area contributed by atoms with Crippen LogP contribution in [0.2, 0.25) is 0 Å². The molecule has 19 atom stereocenters. The second-order valence-corrected chi connectivity index (χ2v) is 23.0. The van der Waals surface area contributed by atoms with E-state index in [0.717, 1.165) is 0 Å². The number of esters is 2. The summed E-state index contributed by atoms with van der Waals surface area (Å²) in [5, 5.41) is 25.5.